The molecule has 1 aromatic heterocycles. The number of anilines is 1. The molecule has 0 radical (unpaired) electrons. The van der Waals surface area contributed by atoms with Crippen LogP contribution in [0, 0.1) is 0 Å². The zero-order valence-corrected chi connectivity index (χ0v) is 17.0. The van der Waals surface area contributed by atoms with E-state index in [0.29, 0.717) is 15.6 Å². The molecule has 3 rings (SSSR count). The first kappa shape index (κ1) is 19.9. The summed E-state index contributed by atoms with van der Waals surface area (Å²) < 4.78 is 0. The third-order valence-electron chi connectivity index (χ3n) is 3.85. The van der Waals surface area contributed by atoms with Crippen LogP contribution in [0.1, 0.15) is 22.2 Å². The molecule has 27 heavy (non-hydrogen) atoms. The zero-order valence-electron chi connectivity index (χ0n) is 14.5. The normalized spacial score (nSPS) is 20.3. The predicted octanol–water partition coefficient (Wildman–Crippen LogP) is 3.26. The smallest absolute Gasteiger partial charge is 0.313 e. The van der Waals surface area contributed by atoms with Crippen LogP contribution in [0.5, 0.6) is 0 Å². The number of carbonyl (C=O) groups excluding carboxylic acids is 2. The van der Waals surface area contributed by atoms with Gasteiger partial charge in [-0.15, -0.1) is 23.1 Å². The van der Waals surface area contributed by atoms with Gasteiger partial charge < -0.3 is 10.4 Å². The number of amides is 1. The van der Waals surface area contributed by atoms with Gasteiger partial charge in [0.1, 0.15) is 10.0 Å². The molecule has 0 fully saturated rings. The van der Waals surface area contributed by atoms with Gasteiger partial charge in [0, 0.05) is 4.88 Å². The van der Waals surface area contributed by atoms with Gasteiger partial charge in [0.25, 0.3) is 0 Å². The predicted molar refractivity (Wildman–Crippen MR) is 113 cm³/mol. The van der Waals surface area contributed by atoms with E-state index in [1.165, 1.54) is 23.1 Å². The molecule has 0 aromatic carbocycles. The molecule has 2 heterocycles. The molecule has 2 unspecified atom stereocenters. The van der Waals surface area contributed by atoms with Crippen LogP contribution in [0.15, 0.2) is 35.4 Å². The van der Waals surface area contributed by atoms with Gasteiger partial charge in [0.15, 0.2) is 0 Å². The molecule has 0 saturated heterocycles. The van der Waals surface area contributed by atoms with Crippen molar-refractivity contribution in [3.63, 3.8) is 0 Å². The maximum Gasteiger partial charge on any atom is 0.313 e. The van der Waals surface area contributed by atoms with E-state index in [1.807, 2.05) is 37.3 Å². The lowest BCUT2D eigenvalue weighted by molar-refractivity contribution is -0.133. The highest BCUT2D eigenvalue weighted by Gasteiger charge is 2.33. The minimum absolute atomic E-state index is 0.0197. The van der Waals surface area contributed by atoms with Crippen molar-refractivity contribution in [2.24, 2.45) is 4.99 Å². The number of carboxylic acid groups (broad SMARTS) is 1. The number of ketones is 1. The molecule has 6 nitrogen and oxygen atoms in total. The summed E-state index contributed by atoms with van der Waals surface area (Å²) in [5.41, 5.74) is 0.450. The van der Waals surface area contributed by atoms with E-state index < -0.39 is 5.97 Å². The maximum atomic E-state index is 13.0. The van der Waals surface area contributed by atoms with Crippen LogP contribution in [0.2, 0.25) is 0 Å². The van der Waals surface area contributed by atoms with Gasteiger partial charge in [0.2, 0.25) is 11.7 Å². The molecule has 2 aliphatic rings. The topological polar surface area (TPSA) is 95.8 Å². The lowest BCUT2D eigenvalue weighted by Gasteiger charge is -2.10. The number of nitrogens with one attached hydrogen (secondary N) is 1. The van der Waals surface area contributed by atoms with Crippen LogP contribution in [0.25, 0.3) is 0 Å². The molecule has 1 aliphatic carbocycles. The zero-order chi connectivity index (χ0) is 19.4. The molecule has 1 aliphatic heterocycles. The number of hydrogen-bond acceptors (Lipinski definition) is 7. The first-order chi connectivity index (χ1) is 13.0. The standard InChI is InChI=1S/C18H18N2O4S3/c1-2-10-7-11(17(26-10)20-14(21)8-25-9-15(22)23)16(24)18-19-12-5-3-4-6-13(12)27-18/h3-7,12-13H,2,8-9H2,1H3,(H,20,21)(H,22,23). The van der Waals surface area contributed by atoms with Crippen LogP contribution in [-0.4, -0.2) is 50.6 Å². The molecule has 0 bridgehead atoms. The number of rotatable bonds is 8. The summed E-state index contributed by atoms with van der Waals surface area (Å²) >= 11 is 3.83. The van der Waals surface area contributed by atoms with Crippen molar-refractivity contribution in [3.8, 4) is 0 Å². The number of nitrogens with zero attached hydrogens (tertiary/aromatic N) is 1. The van der Waals surface area contributed by atoms with Crippen molar-refractivity contribution in [1.29, 1.82) is 0 Å². The van der Waals surface area contributed by atoms with Gasteiger partial charge in [-0.25, -0.2) is 0 Å². The molecular formula is C18H18N2O4S3. The highest BCUT2D eigenvalue weighted by atomic mass is 32.2. The Balaban J connectivity index is 1.73. The van der Waals surface area contributed by atoms with Gasteiger partial charge in [0.05, 0.1) is 28.4 Å². The van der Waals surface area contributed by atoms with Crippen molar-refractivity contribution < 1.29 is 19.5 Å². The number of hydrogen-bond donors (Lipinski definition) is 2. The van der Waals surface area contributed by atoms with E-state index >= 15 is 0 Å². The van der Waals surface area contributed by atoms with Crippen LogP contribution in [0.3, 0.4) is 0 Å². The second-order valence-electron chi connectivity index (χ2n) is 5.85. The Kier molecular flexibility index (Phi) is 6.56. The van der Waals surface area contributed by atoms with Gasteiger partial charge in [-0.3, -0.25) is 19.4 Å². The van der Waals surface area contributed by atoms with E-state index in [-0.39, 0.29) is 34.5 Å². The lowest BCUT2D eigenvalue weighted by Crippen LogP contribution is -2.18. The Morgan fingerprint density at radius 1 is 1.26 bits per heavy atom. The number of fused-ring (bicyclic) bond motifs is 1. The SMILES string of the molecule is CCc1cc(C(=O)C2=NC3C=CC=CC3S2)c(NC(=O)CSCC(=O)O)s1. The third-order valence-corrected chi connectivity index (χ3v) is 7.19. The summed E-state index contributed by atoms with van der Waals surface area (Å²) in [5.74, 6) is -1.58. The van der Waals surface area contributed by atoms with Crippen molar-refractivity contribution in [2.75, 3.05) is 16.8 Å². The van der Waals surface area contributed by atoms with Gasteiger partial charge >= 0.3 is 5.97 Å². The Hall–Kier alpha value is -1.84. The van der Waals surface area contributed by atoms with Gasteiger partial charge in [-0.1, -0.05) is 43.0 Å². The number of Topliss-reactive ketones (excluding diaryl/α,β-unsaturated/α-hetero) is 1. The fourth-order valence-electron chi connectivity index (χ4n) is 2.59. The fourth-order valence-corrected chi connectivity index (χ4v) is 5.26. The first-order valence-electron chi connectivity index (χ1n) is 8.34. The molecule has 2 atom stereocenters. The van der Waals surface area contributed by atoms with E-state index in [0.717, 1.165) is 23.1 Å². The third kappa shape index (κ3) is 4.91. The highest BCUT2D eigenvalue weighted by Crippen LogP contribution is 2.35. The van der Waals surface area contributed by atoms with Crippen LogP contribution < -0.4 is 5.32 Å². The molecule has 1 amide bonds. The summed E-state index contributed by atoms with van der Waals surface area (Å²) in [6, 6.07) is 1.79. The molecule has 2 N–H and O–H groups in total. The highest BCUT2D eigenvalue weighted by molar-refractivity contribution is 8.16. The number of aryl methyl sites for hydroxylation is 1. The van der Waals surface area contributed by atoms with E-state index in [9.17, 15) is 14.4 Å². The maximum absolute atomic E-state index is 13.0. The number of allylic oxidation sites excluding steroid dienone is 2. The molecule has 9 heteroatoms. The minimum atomic E-state index is -0.964. The molecular weight excluding hydrogens is 404 g/mol. The summed E-state index contributed by atoms with van der Waals surface area (Å²) in [7, 11) is 0. The van der Waals surface area contributed by atoms with Crippen molar-refractivity contribution in [2.45, 2.75) is 24.6 Å². The van der Waals surface area contributed by atoms with Crippen molar-refractivity contribution in [1.82, 2.24) is 0 Å². The minimum Gasteiger partial charge on any atom is -0.481 e. The summed E-state index contributed by atoms with van der Waals surface area (Å²) in [6.07, 6.45) is 8.65. The molecule has 0 spiro atoms. The monoisotopic (exact) mass is 422 g/mol. The van der Waals surface area contributed by atoms with Gasteiger partial charge in [-0.2, -0.15) is 0 Å². The van der Waals surface area contributed by atoms with Crippen LogP contribution in [-0.2, 0) is 16.0 Å². The summed E-state index contributed by atoms with van der Waals surface area (Å²) in [5, 5.41) is 12.5. The number of carbonyl (C=O) groups is 3. The Labute approximate surface area is 169 Å². The second kappa shape index (κ2) is 8.90. The second-order valence-corrected chi connectivity index (χ2v) is 9.14. The van der Waals surface area contributed by atoms with Gasteiger partial charge in [-0.05, 0) is 12.5 Å². The number of aliphatic imine (C=N–C) groups is 1. The summed E-state index contributed by atoms with van der Waals surface area (Å²) in [4.78, 5) is 41.2. The molecule has 0 saturated carbocycles. The van der Waals surface area contributed by atoms with E-state index in [1.54, 1.807) is 0 Å². The Morgan fingerprint density at radius 2 is 2.04 bits per heavy atom. The van der Waals surface area contributed by atoms with E-state index in [4.69, 9.17) is 5.11 Å². The average Bonchev–Trinajstić information content (AvgIpc) is 3.24. The first-order valence-corrected chi connectivity index (χ1v) is 11.2. The van der Waals surface area contributed by atoms with E-state index in [2.05, 4.69) is 10.3 Å². The number of aliphatic carboxylic acids is 1. The molecule has 142 valence electrons. The number of carboxylic acids is 1. The van der Waals surface area contributed by atoms with Crippen molar-refractivity contribution in [3.05, 3.63) is 40.8 Å². The Bertz CT molecular complexity index is 857. The van der Waals surface area contributed by atoms with Crippen LogP contribution in [0.4, 0.5) is 5.00 Å². The van der Waals surface area contributed by atoms with Crippen LogP contribution >= 0.6 is 34.9 Å². The number of thioether (sulfide) groups is 2. The quantitative estimate of drug-likeness (QED) is 0.625. The fraction of sp³-hybridized carbons (Fsp3) is 0.333. The lowest BCUT2D eigenvalue weighted by atomic mass is 10.1. The number of thiophene rings is 1. The largest absolute Gasteiger partial charge is 0.481 e. The average molecular weight is 423 g/mol. The summed E-state index contributed by atoms with van der Waals surface area (Å²) in [6.45, 7) is 1.99. The Morgan fingerprint density at radius 3 is 2.74 bits per heavy atom. The van der Waals surface area contributed by atoms with Crippen molar-refractivity contribution >= 4 is 62.6 Å². The molecule has 1 aromatic rings.